The van der Waals surface area contributed by atoms with E-state index >= 15 is 0 Å². The number of halogens is 1. The van der Waals surface area contributed by atoms with Gasteiger partial charge in [-0.15, -0.1) is 0 Å². The van der Waals surface area contributed by atoms with E-state index in [0.717, 1.165) is 36.9 Å². The molecular formula is C15H20FN3. The van der Waals surface area contributed by atoms with E-state index < -0.39 is 0 Å². The van der Waals surface area contributed by atoms with E-state index in [1.807, 2.05) is 24.5 Å². The van der Waals surface area contributed by atoms with E-state index in [0.29, 0.717) is 0 Å². The molecule has 0 bridgehead atoms. The maximum absolute atomic E-state index is 13.0. The minimum atomic E-state index is -0.187. The SMILES string of the molecule is CCCCC(NCc1cn[nH]c1)c1ccc(F)cc1. The third kappa shape index (κ3) is 4.17. The van der Waals surface area contributed by atoms with Gasteiger partial charge in [-0.3, -0.25) is 5.10 Å². The van der Waals surface area contributed by atoms with Gasteiger partial charge in [-0.2, -0.15) is 5.10 Å². The van der Waals surface area contributed by atoms with Crippen molar-refractivity contribution in [3.63, 3.8) is 0 Å². The van der Waals surface area contributed by atoms with Crippen molar-refractivity contribution in [1.82, 2.24) is 15.5 Å². The van der Waals surface area contributed by atoms with Crippen LogP contribution in [0.1, 0.15) is 43.4 Å². The number of unbranched alkanes of at least 4 members (excludes halogenated alkanes) is 1. The highest BCUT2D eigenvalue weighted by molar-refractivity contribution is 5.20. The largest absolute Gasteiger partial charge is 0.306 e. The van der Waals surface area contributed by atoms with Crippen LogP contribution in [0.2, 0.25) is 0 Å². The second kappa shape index (κ2) is 7.04. The second-order valence-electron chi connectivity index (χ2n) is 4.73. The van der Waals surface area contributed by atoms with Gasteiger partial charge in [0.2, 0.25) is 0 Å². The topological polar surface area (TPSA) is 40.7 Å². The molecule has 0 radical (unpaired) electrons. The maximum atomic E-state index is 13.0. The first-order valence-corrected chi connectivity index (χ1v) is 6.76. The third-order valence-electron chi connectivity index (χ3n) is 3.23. The van der Waals surface area contributed by atoms with Gasteiger partial charge in [0.15, 0.2) is 0 Å². The number of hydrogen-bond acceptors (Lipinski definition) is 2. The normalized spacial score (nSPS) is 12.5. The van der Waals surface area contributed by atoms with E-state index in [9.17, 15) is 4.39 Å². The quantitative estimate of drug-likeness (QED) is 0.800. The molecule has 0 fully saturated rings. The van der Waals surface area contributed by atoms with Gasteiger partial charge in [-0.05, 0) is 24.1 Å². The zero-order chi connectivity index (χ0) is 13.5. The summed E-state index contributed by atoms with van der Waals surface area (Å²) < 4.78 is 13.0. The predicted octanol–water partition coefficient (Wildman–Crippen LogP) is 3.57. The molecule has 0 aliphatic heterocycles. The van der Waals surface area contributed by atoms with Crippen LogP contribution >= 0.6 is 0 Å². The molecule has 2 rings (SSSR count). The van der Waals surface area contributed by atoms with Crippen LogP contribution in [-0.4, -0.2) is 10.2 Å². The number of aromatic amines is 1. The van der Waals surface area contributed by atoms with E-state index in [2.05, 4.69) is 22.4 Å². The molecule has 4 heteroatoms. The third-order valence-corrected chi connectivity index (χ3v) is 3.23. The van der Waals surface area contributed by atoms with Crippen LogP contribution in [0.15, 0.2) is 36.7 Å². The summed E-state index contributed by atoms with van der Waals surface area (Å²) in [5, 5.41) is 10.2. The maximum Gasteiger partial charge on any atom is 0.123 e. The Morgan fingerprint density at radius 3 is 2.74 bits per heavy atom. The van der Waals surface area contributed by atoms with Gasteiger partial charge in [0, 0.05) is 24.3 Å². The summed E-state index contributed by atoms with van der Waals surface area (Å²) in [5.74, 6) is -0.187. The Kier molecular flexibility index (Phi) is 5.10. The molecule has 102 valence electrons. The highest BCUT2D eigenvalue weighted by Gasteiger charge is 2.10. The van der Waals surface area contributed by atoms with Crippen molar-refractivity contribution in [2.24, 2.45) is 0 Å². The Bertz CT molecular complexity index is 465. The summed E-state index contributed by atoms with van der Waals surface area (Å²) in [6.45, 7) is 2.94. The van der Waals surface area contributed by atoms with Crippen LogP contribution in [0, 0.1) is 5.82 Å². The summed E-state index contributed by atoms with van der Waals surface area (Å²) >= 11 is 0. The zero-order valence-electron chi connectivity index (χ0n) is 11.2. The summed E-state index contributed by atoms with van der Waals surface area (Å²) in [4.78, 5) is 0. The predicted molar refractivity (Wildman–Crippen MR) is 74.1 cm³/mol. The standard InChI is InChI=1S/C15H20FN3/c1-2-3-4-15(13-5-7-14(16)8-6-13)17-9-12-10-18-19-11-12/h5-8,10-11,15,17H,2-4,9H2,1H3,(H,18,19). The number of benzene rings is 1. The van der Waals surface area contributed by atoms with Gasteiger partial charge >= 0.3 is 0 Å². The van der Waals surface area contributed by atoms with Crippen molar-refractivity contribution < 1.29 is 4.39 Å². The summed E-state index contributed by atoms with van der Waals surface area (Å²) in [6, 6.07) is 7.02. The molecule has 0 saturated carbocycles. The molecule has 2 N–H and O–H groups in total. The number of aromatic nitrogens is 2. The van der Waals surface area contributed by atoms with Gasteiger partial charge in [0.05, 0.1) is 6.20 Å². The van der Waals surface area contributed by atoms with Crippen molar-refractivity contribution in [3.8, 4) is 0 Å². The number of nitrogens with one attached hydrogen (secondary N) is 2. The fourth-order valence-electron chi connectivity index (χ4n) is 2.11. The molecule has 1 aromatic heterocycles. The highest BCUT2D eigenvalue weighted by Crippen LogP contribution is 2.20. The van der Waals surface area contributed by atoms with Gasteiger partial charge in [0.1, 0.15) is 5.82 Å². The number of hydrogen-bond donors (Lipinski definition) is 2. The van der Waals surface area contributed by atoms with Crippen LogP contribution in [-0.2, 0) is 6.54 Å². The number of rotatable bonds is 7. The molecule has 0 spiro atoms. The lowest BCUT2D eigenvalue weighted by molar-refractivity contribution is 0.480. The van der Waals surface area contributed by atoms with Crippen LogP contribution in [0.3, 0.4) is 0 Å². The second-order valence-corrected chi connectivity index (χ2v) is 4.73. The monoisotopic (exact) mass is 261 g/mol. The van der Waals surface area contributed by atoms with Gasteiger partial charge in [0.25, 0.3) is 0 Å². The molecule has 3 nitrogen and oxygen atoms in total. The smallest absolute Gasteiger partial charge is 0.123 e. The van der Waals surface area contributed by atoms with Crippen molar-refractivity contribution in [3.05, 3.63) is 53.6 Å². The van der Waals surface area contributed by atoms with E-state index in [1.54, 1.807) is 0 Å². The lowest BCUT2D eigenvalue weighted by atomic mass is 10.0. The summed E-state index contributed by atoms with van der Waals surface area (Å²) in [6.07, 6.45) is 7.06. The van der Waals surface area contributed by atoms with Crippen molar-refractivity contribution >= 4 is 0 Å². The van der Waals surface area contributed by atoms with Gasteiger partial charge < -0.3 is 5.32 Å². The molecule has 2 aromatic rings. The van der Waals surface area contributed by atoms with E-state index in [-0.39, 0.29) is 11.9 Å². The molecular weight excluding hydrogens is 241 g/mol. The summed E-state index contributed by atoms with van der Waals surface area (Å²) in [7, 11) is 0. The van der Waals surface area contributed by atoms with E-state index in [4.69, 9.17) is 0 Å². The first-order valence-electron chi connectivity index (χ1n) is 6.76. The lowest BCUT2D eigenvalue weighted by Crippen LogP contribution is -2.20. The first-order chi connectivity index (χ1) is 9.29. The fourth-order valence-corrected chi connectivity index (χ4v) is 2.11. The van der Waals surface area contributed by atoms with Crippen LogP contribution in [0.4, 0.5) is 4.39 Å². The van der Waals surface area contributed by atoms with Crippen LogP contribution in [0.25, 0.3) is 0 Å². The summed E-state index contributed by atoms with van der Waals surface area (Å²) in [5.41, 5.74) is 2.27. The Hall–Kier alpha value is -1.68. The van der Waals surface area contributed by atoms with Crippen LogP contribution in [0.5, 0.6) is 0 Å². The number of H-pyrrole nitrogens is 1. The average Bonchev–Trinajstić information content (AvgIpc) is 2.93. The molecule has 0 aliphatic carbocycles. The first kappa shape index (κ1) is 13.7. The van der Waals surface area contributed by atoms with Crippen molar-refractivity contribution in [2.75, 3.05) is 0 Å². The van der Waals surface area contributed by atoms with E-state index in [1.165, 1.54) is 12.1 Å². The zero-order valence-corrected chi connectivity index (χ0v) is 11.2. The Labute approximate surface area is 113 Å². The molecule has 0 saturated heterocycles. The molecule has 0 amide bonds. The Balaban J connectivity index is 2.00. The van der Waals surface area contributed by atoms with Crippen molar-refractivity contribution in [2.45, 2.75) is 38.8 Å². The lowest BCUT2D eigenvalue weighted by Gasteiger charge is -2.18. The molecule has 1 heterocycles. The number of nitrogens with zero attached hydrogens (tertiary/aromatic N) is 1. The van der Waals surface area contributed by atoms with Gasteiger partial charge in [-0.25, -0.2) is 4.39 Å². The Morgan fingerprint density at radius 2 is 2.11 bits per heavy atom. The molecule has 19 heavy (non-hydrogen) atoms. The minimum Gasteiger partial charge on any atom is -0.306 e. The fraction of sp³-hybridized carbons (Fsp3) is 0.400. The average molecular weight is 261 g/mol. The molecule has 1 atom stereocenters. The Morgan fingerprint density at radius 1 is 1.32 bits per heavy atom. The highest BCUT2D eigenvalue weighted by atomic mass is 19.1. The van der Waals surface area contributed by atoms with Crippen molar-refractivity contribution in [1.29, 1.82) is 0 Å². The van der Waals surface area contributed by atoms with Crippen LogP contribution < -0.4 is 5.32 Å². The molecule has 0 aliphatic rings. The minimum absolute atomic E-state index is 0.187. The molecule has 1 aromatic carbocycles. The van der Waals surface area contributed by atoms with Gasteiger partial charge in [-0.1, -0.05) is 31.9 Å². The molecule has 1 unspecified atom stereocenters.